The van der Waals surface area contributed by atoms with E-state index < -0.39 is 29.3 Å². The Balaban J connectivity index is 1.00. The van der Waals surface area contributed by atoms with E-state index in [1.165, 1.54) is 19.3 Å². The molecule has 1 spiro atoms. The number of rotatable bonds is 14. The number of nitrogens with one attached hydrogen (secondary N) is 1. The summed E-state index contributed by atoms with van der Waals surface area (Å²) in [5, 5.41) is 12.0. The molecular formula is C38H54N4O10. The number of aliphatic imine (C=N–C) groups is 1. The Morgan fingerprint density at radius 2 is 1.79 bits per heavy atom. The second-order valence-electron chi connectivity index (χ2n) is 16.2. The Bertz CT molecular complexity index is 1610. The van der Waals surface area contributed by atoms with E-state index >= 15 is 0 Å². The van der Waals surface area contributed by atoms with Gasteiger partial charge in [0.2, 0.25) is 5.91 Å². The number of carboxylic acids is 1. The van der Waals surface area contributed by atoms with Crippen LogP contribution in [0.4, 0.5) is 0 Å². The molecule has 2 heterocycles. The van der Waals surface area contributed by atoms with E-state index in [2.05, 4.69) is 24.2 Å². The summed E-state index contributed by atoms with van der Waals surface area (Å²) in [5.41, 5.74) is 10.4. The van der Waals surface area contributed by atoms with E-state index in [-0.39, 0.29) is 78.6 Å². The fraction of sp³-hybridized carbons (Fsp3) is 0.737. The first-order valence-electron chi connectivity index (χ1n) is 18.9. The van der Waals surface area contributed by atoms with Crippen molar-refractivity contribution in [2.45, 2.75) is 140 Å². The summed E-state index contributed by atoms with van der Waals surface area (Å²) in [4.78, 5) is 64.7. The Hall–Kier alpha value is -3.94. The summed E-state index contributed by atoms with van der Waals surface area (Å²) in [6.07, 6.45) is 9.07. The van der Waals surface area contributed by atoms with E-state index in [1.54, 1.807) is 6.07 Å². The number of carbonyl (C=O) groups excluding carboxylic acids is 3. The molecule has 1 saturated heterocycles. The van der Waals surface area contributed by atoms with E-state index in [4.69, 9.17) is 30.1 Å². The molecule has 1 aliphatic heterocycles. The monoisotopic (exact) mass is 726 g/mol. The molecular weight excluding hydrogens is 672 g/mol. The highest BCUT2D eigenvalue weighted by Gasteiger charge is 2.84. The number of esters is 2. The van der Waals surface area contributed by atoms with Gasteiger partial charge in [-0.3, -0.25) is 19.4 Å². The second kappa shape index (κ2) is 14.8. The predicted octanol–water partition coefficient (Wildman–Crippen LogP) is 3.53. The quantitative estimate of drug-likeness (QED) is 0.0710. The van der Waals surface area contributed by atoms with Gasteiger partial charge < -0.3 is 40.5 Å². The van der Waals surface area contributed by atoms with Gasteiger partial charge in [0.25, 0.3) is 0 Å². The van der Waals surface area contributed by atoms with E-state index in [0.29, 0.717) is 37.0 Å². The highest BCUT2D eigenvalue weighted by Crippen LogP contribution is 2.78. The Morgan fingerprint density at radius 1 is 1.02 bits per heavy atom. The van der Waals surface area contributed by atoms with Gasteiger partial charge in [-0.1, -0.05) is 13.8 Å². The third-order valence-corrected chi connectivity index (χ3v) is 13.4. The molecule has 4 saturated carbocycles. The zero-order valence-electron chi connectivity index (χ0n) is 30.5. The van der Waals surface area contributed by atoms with Crippen molar-refractivity contribution < 1.29 is 42.9 Å². The molecule has 286 valence electrons. The number of ether oxygens (including phenoxy) is 3. The Labute approximate surface area is 303 Å². The van der Waals surface area contributed by atoms with Gasteiger partial charge in [-0.2, -0.15) is 0 Å². The first-order valence-corrected chi connectivity index (χ1v) is 18.9. The van der Waals surface area contributed by atoms with Gasteiger partial charge in [0, 0.05) is 43.7 Å². The molecule has 0 radical (unpaired) electrons. The summed E-state index contributed by atoms with van der Waals surface area (Å²) < 4.78 is 24.0. The molecule has 4 aliphatic carbocycles. The summed E-state index contributed by atoms with van der Waals surface area (Å²) >= 11 is 0. The molecule has 5 aliphatic rings. The maximum atomic E-state index is 12.9. The van der Waals surface area contributed by atoms with Crippen LogP contribution in [0.2, 0.25) is 0 Å². The van der Waals surface area contributed by atoms with Crippen LogP contribution < -0.4 is 22.4 Å². The SMILES string of the molecule is CC(=O)O[C@@H]1[C@@H]2O[C@@]23[C@@H]2CC[C@@H]4C[C@@H](OC(=O)CCCCC(=O)N[C@@H](CCCN=C(N)N)C(=O)O)CC[C@]4(C)[C@H]2CC[C@]3(C)[C@H]1c1ccc(=O)oc1. The minimum atomic E-state index is -1.12. The largest absolute Gasteiger partial charge is 0.480 e. The Morgan fingerprint density at radius 3 is 2.48 bits per heavy atom. The number of guanidine groups is 1. The smallest absolute Gasteiger partial charge is 0.335 e. The van der Waals surface area contributed by atoms with Crippen molar-refractivity contribution in [2.75, 3.05) is 6.54 Å². The van der Waals surface area contributed by atoms with Gasteiger partial charge in [-0.15, -0.1) is 0 Å². The first kappa shape index (κ1) is 37.8. The predicted molar refractivity (Wildman–Crippen MR) is 188 cm³/mol. The zero-order valence-corrected chi connectivity index (χ0v) is 30.5. The van der Waals surface area contributed by atoms with E-state index in [0.717, 1.165) is 50.5 Å². The number of hydrogen-bond acceptors (Lipinski definition) is 10. The summed E-state index contributed by atoms with van der Waals surface area (Å²) in [6, 6.07) is 2.21. The fourth-order valence-electron chi connectivity index (χ4n) is 11.0. The van der Waals surface area contributed by atoms with Crippen LogP contribution in [0.3, 0.4) is 0 Å². The maximum absolute atomic E-state index is 12.9. The molecule has 52 heavy (non-hydrogen) atoms. The van der Waals surface area contributed by atoms with Gasteiger partial charge in [0.1, 0.15) is 30.0 Å². The first-order chi connectivity index (χ1) is 24.7. The molecule has 14 heteroatoms. The number of epoxide rings is 1. The molecule has 11 atom stereocenters. The van der Waals surface area contributed by atoms with E-state index in [1.807, 2.05) is 0 Å². The third kappa shape index (κ3) is 7.06. The molecule has 5 fully saturated rings. The number of unbranched alkanes of at least 4 members (excludes halogenated alkanes) is 1. The van der Waals surface area contributed by atoms with Crippen LogP contribution in [0, 0.1) is 28.6 Å². The highest BCUT2D eigenvalue weighted by atomic mass is 16.7. The fourth-order valence-corrected chi connectivity index (χ4v) is 11.0. The van der Waals surface area contributed by atoms with Crippen LogP contribution in [0.25, 0.3) is 0 Å². The lowest BCUT2D eigenvalue weighted by atomic mass is 9.44. The third-order valence-electron chi connectivity index (χ3n) is 13.4. The summed E-state index contributed by atoms with van der Waals surface area (Å²) in [7, 11) is 0. The molecule has 6 rings (SSSR count). The van der Waals surface area contributed by atoms with Crippen LogP contribution in [0.5, 0.6) is 0 Å². The van der Waals surface area contributed by atoms with Gasteiger partial charge in [0.05, 0.1) is 6.26 Å². The van der Waals surface area contributed by atoms with Crippen molar-refractivity contribution in [3.05, 3.63) is 34.4 Å². The molecule has 14 nitrogen and oxygen atoms in total. The van der Waals surface area contributed by atoms with Gasteiger partial charge in [-0.25, -0.2) is 9.59 Å². The molecule has 1 aromatic heterocycles. The van der Waals surface area contributed by atoms with Gasteiger partial charge in [0.15, 0.2) is 5.96 Å². The maximum Gasteiger partial charge on any atom is 0.335 e. The molecule has 0 bridgehead atoms. The summed E-state index contributed by atoms with van der Waals surface area (Å²) in [6.45, 7) is 6.39. The molecule has 6 N–H and O–H groups in total. The van der Waals surface area contributed by atoms with Crippen LogP contribution >= 0.6 is 0 Å². The molecule has 0 unspecified atom stereocenters. The second-order valence-corrected chi connectivity index (χ2v) is 16.2. The van der Waals surface area contributed by atoms with Crippen LogP contribution in [0.1, 0.15) is 116 Å². The van der Waals surface area contributed by atoms with Crippen molar-refractivity contribution >= 4 is 29.8 Å². The van der Waals surface area contributed by atoms with Gasteiger partial charge >= 0.3 is 23.5 Å². The molecule has 1 aromatic rings. The number of carboxylic acid groups (broad SMARTS) is 1. The number of fused-ring (bicyclic) bond motifs is 3. The zero-order chi connectivity index (χ0) is 37.4. The number of amides is 1. The minimum absolute atomic E-state index is 0.0676. The van der Waals surface area contributed by atoms with Crippen LogP contribution in [-0.2, 0) is 33.4 Å². The summed E-state index contributed by atoms with van der Waals surface area (Å²) in [5.74, 6) is -1.16. The van der Waals surface area contributed by atoms with Crippen molar-refractivity contribution in [1.82, 2.24) is 5.32 Å². The molecule has 1 amide bonds. The van der Waals surface area contributed by atoms with Crippen molar-refractivity contribution in [3.63, 3.8) is 0 Å². The topological polar surface area (TPSA) is 226 Å². The normalized spacial score (nSPS) is 36.1. The standard InChI is InChI=1S/C38H54N4O10/c1-21(43)50-32-31(22-10-13-29(45)49-20-22)37(3)17-15-25-26(38(37)33(32)52-38)12-11-23-19-24(14-16-36(23,25)2)51-30(46)9-5-4-8-28(44)42-27(34(47)48)7-6-18-41-35(39)40/h10,13,20,23-27,31-33H,4-9,11-12,14-19H2,1-3H3,(H,42,44)(H,47,48)(H4,39,40,41)/t23-,24+,25+,26-,27+,31+,32+,33+,36+,37-,38+/m1/s1. The van der Waals surface area contributed by atoms with E-state index in [9.17, 15) is 29.1 Å². The number of nitrogens with zero attached hydrogens (tertiary/aromatic N) is 1. The van der Waals surface area contributed by atoms with Crippen LogP contribution in [-0.4, -0.2) is 71.4 Å². The number of nitrogens with two attached hydrogens (primary N) is 2. The lowest BCUT2D eigenvalue weighted by Crippen LogP contribution is -2.58. The number of aliphatic carboxylic acids is 1. The van der Waals surface area contributed by atoms with Gasteiger partial charge in [-0.05, 0) is 105 Å². The number of carbonyl (C=O) groups is 4. The van der Waals surface area contributed by atoms with Crippen molar-refractivity contribution in [1.29, 1.82) is 0 Å². The lowest BCUT2D eigenvalue weighted by molar-refractivity contribution is -0.168. The van der Waals surface area contributed by atoms with Crippen LogP contribution in [0.15, 0.2) is 32.6 Å². The Kier molecular flexibility index (Phi) is 10.8. The minimum Gasteiger partial charge on any atom is -0.480 e. The number of hydrogen-bond donors (Lipinski definition) is 4. The highest BCUT2D eigenvalue weighted by molar-refractivity contribution is 5.83. The average Bonchev–Trinajstić information content (AvgIpc) is 3.79. The molecule has 0 aromatic carbocycles. The van der Waals surface area contributed by atoms with Crippen molar-refractivity contribution in [3.8, 4) is 0 Å². The lowest BCUT2D eigenvalue weighted by Gasteiger charge is -2.61. The van der Waals surface area contributed by atoms with Crippen molar-refractivity contribution in [2.24, 2.45) is 45.0 Å². The average molecular weight is 727 g/mol.